The Morgan fingerprint density at radius 1 is 1.47 bits per heavy atom. The van der Waals surface area contributed by atoms with Crippen LogP contribution in [0.2, 0.25) is 0 Å². The van der Waals surface area contributed by atoms with Gasteiger partial charge in [-0.3, -0.25) is 0 Å². The van der Waals surface area contributed by atoms with Crippen molar-refractivity contribution >= 4 is 11.7 Å². The molecule has 4 heteroatoms. The smallest absolute Gasteiger partial charge is 0.338 e. The summed E-state index contributed by atoms with van der Waals surface area (Å²) in [6.45, 7) is 5.13. The molecule has 0 fully saturated rings. The lowest BCUT2D eigenvalue weighted by Crippen LogP contribution is -2.12. The third-order valence-corrected chi connectivity index (χ3v) is 2.15. The number of hydrogen-bond acceptors (Lipinski definition) is 4. The van der Waals surface area contributed by atoms with Crippen molar-refractivity contribution in [3.8, 4) is 0 Å². The maximum absolute atomic E-state index is 11.7. The summed E-state index contributed by atoms with van der Waals surface area (Å²) in [6, 6.07) is 7.30. The molecule has 17 heavy (non-hydrogen) atoms. The van der Waals surface area contributed by atoms with Crippen molar-refractivity contribution in [3.05, 3.63) is 29.8 Å². The fraction of sp³-hybridized carbons (Fsp3) is 0.462. The molecule has 4 nitrogen and oxygen atoms in total. The van der Waals surface area contributed by atoms with Gasteiger partial charge in [0.05, 0.1) is 11.7 Å². The molecular formula is C13H20N2O2. The van der Waals surface area contributed by atoms with Crippen molar-refractivity contribution in [3.63, 3.8) is 0 Å². The molecule has 0 aliphatic heterocycles. The molecule has 0 radical (unpaired) electrons. The molecule has 94 valence electrons. The third-order valence-electron chi connectivity index (χ3n) is 2.15. The Labute approximate surface area is 102 Å². The molecule has 0 amide bonds. The number of anilines is 1. The summed E-state index contributed by atoms with van der Waals surface area (Å²) >= 11 is 0. The summed E-state index contributed by atoms with van der Waals surface area (Å²) in [5.41, 5.74) is 6.89. The Morgan fingerprint density at radius 2 is 2.24 bits per heavy atom. The van der Waals surface area contributed by atoms with Crippen LogP contribution in [-0.2, 0) is 4.74 Å². The molecule has 0 bridgehead atoms. The molecule has 0 aromatic heterocycles. The predicted octanol–water partition coefficient (Wildman–Crippen LogP) is 2.01. The van der Waals surface area contributed by atoms with Crippen LogP contribution in [0.15, 0.2) is 24.3 Å². The molecule has 3 N–H and O–H groups in total. The first kappa shape index (κ1) is 13.5. The van der Waals surface area contributed by atoms with Gasteiger partial charge in [-0.2, -0.15) is 0 Å². The topological polar surface area (TPSA) is 64.3 Å². The second-order valence-corrected chi connectivity index (χ2v) is 4.10. The monoisotopic (exact) mass is 236 g/mol. The summed E-state index contributed by atoms with van der Waals surface area (Å²) in [5, 5.41) is 3.21. The standard InChI is InChI=1S/C13H20N2O2/c1-10(2)17-13(16)11-5-3-6-12(9-11)15-8-4-7-14/h3,5-6,9-10,15H,4,7-8,14H2,1-2H3. The number of benzene rings is 1. The summed E-state index contributed by atoms with van der Waals surface area (Å²) in [6.07, 6.45) is 0.803. The van der Waals surface area contributed by atoms with Crippen molar-refractivity contribution in [2.24, 2.45) is 5.73 Å². The Bertz CT molecular complexity index is 364. The summed E-state index contributed by atoms with van der Waals surface area (Å²) in [7, 11) is 0. The van der Waals surface area contributed by atoms with E-state index in [9.17, 15) is 4.79 Å². The average molecular weight is 236 g/mol. The zero-order valence-corrected chi connectivity index (χ0v) is 10.4. The van der Waals surface area contributed by atoms with Crippen LogP contribution in [0.25, 0.3) is 0 Å². The average Bonchev–Trinajstić information content (AvgIpc) is 2.29. The molecular weight excluding hydrogens is 216 g/mol. The number of nitrogens with two attached hydrogens (primary N) is 1. The van der Waals surface area contributed by atoms with Gasteiger partial charge in [0.25, 0.3) is 0 Å². The summed E-state index contributed by atoms with van der Waals surface area (Å²) < 4.78 is 5.13. The van der Waals surface area contributed by atoms with Gasteiger partial charge in [-0.05, 0) is 45.0 Å². The summed E-state index contributed by atoms with van der Waals surface area (Å²) in [4.78, 5) is 11.7. The van der Waals surface area contributed by atoms with E-state index >= 15 is 0 Å². The van der Waals surface area contributed by atoms with Gasteiger partial charge in [0.15, 0.2) is 0 Å². The van der Waals surface area contributed by atoms with E-state index in [0.717, 1.165) is 18.7 Å². The Kier molecular flexibility index (Phi) is 5.49. The largest absolute Gasteiger partial charge is 0.459 e. The molecule has 1 aromatic rings. The van der Waals surface area contributed by atoms with Gasteiger partial charge in [-0.1, -0.05) is 6.07 Å². The molecule has 0 saturated heterocycles. The molecule has 0 spiro atoms. The van der Waals surface area contributed by atoms with E-state index in [1.165, 1.54) is 0 Å². The van der Waals surface area contributed by atoms with Crippen LogP contribution in [0.3, 0.4) is 0 Å². The minimum atomic E-state index is -0.289. The highest BCUT2D eigenvalue weighted by molar-refractivity contribution is 5.90. The van der Waals surface area contributed by atoms with E-state index in [4.69, 9.17) is 10.5 Å². The lowest BCUT2D eigenvalue weighted by Gasteiger charge is -2.10. The van der Waals surface area contributed by atoms with Gasteiger partial charge in [0, 0.05) is 12.2 Å². The predicted molar refractivity (Wildman–Crippen MR) is 69.2 cm³/mol. The van der Waals surface area contributed by atoms with E-state index in [1.807, 2.05) is 26.0 Å². The van der Waals surface area contributed by atoms with Gasteiger partial charge < -0.3 is 15.8 Å². The fourth-order valence-electron chi connectivity index (χ4n) is 1.37. The van der Waals surface area contributed by atoms with E-state index in [0.29, 0.717) is 12.1 Å². The lowest BCUT2D eigenvalue weighted by molar-refractivity contribution is 0.0378. The lowest BCUT2D eigenvalue weighted by atomic mass is 10.2. The number of carbonyl (C=O) groups is 1. The highest BCUT2D eigenvalue weighted by atomic mass is 16.5. The minimum absolute atomic E-state index is 0.101. The van der Waals surface area contributed by atoms with E-state index in [1.54, 1.807) is 12.1 Å². The van der Waals surface area contributed by atoms with E-state index < -0.39 is 0 Å². The fourth-order valence-corrected chi connectivity index (χ4v) is 1.37. The van der Waals surface area contributed by atoms with Crippen molar-refractivity contribution in [1.82, 2.24) is 0 Å². The molecule has 0 saturated carbocycles. The SMILES string of the molecule is CC(C)OC(=O)c1cccc(NCCCN)c1. The van der Waals surface area contributed by atoms with Gasteiger partial charge in [-0.25, -0.2) is 4.79 Å². The summed E-state index contributed by atoms with van der Waals surface area (Å²) in [5.74, 6) is -0.289. The van der Waals surface area contributed by atoms with Crippen LogP contribution < -0.4 is 11.1 Å². The van der Waals surface area contributed by atoms with Gasteiger partial charge >= 0.3 is 5.97 Å². The van der Waals surface area contributed by atoms with Crippen LogP contribution in [0, 0.1) is 0 Å². The van der Waals surface area contributed by atoms with Crippen LogP contribution >= 0.6 is 0 Å². The first-order valence-corrected chi connectivity index (χ1v) is 5.88. The van der Waals surface area contributed by atoms with Crippen molar-refractivity contribution in [1.29, 1.82) is 0 Å². The highest BCUT2D eigenvalue weighted by Crippen LogP contribution is 2.12. The Hall–Kier alpha value is -1.55. The second kappa shape index (κ2) is 6.91. The zero-order valence-electron chi connectivity index (χ0n) is 10.4. The van der Waals surface area contributed by atoms with Gasteiger partial charge in [0.2, 0.25) is 0 Å². The number of rotatable bonds is 6. The number of carbonyl (C=O) groups excluding carboxylic acids is 1. The molecule has 0 unspecified atom stereocenters. The Morgan fingerprint density at radius 3 is 2.88 bits per heavy atom. The second-order valence-electron chi connectivity index (χ2n) is 4.10. The molecule has 0 aliphatic rings. The molecule has 0 aliphatic carbocycles. The van der Waals surface area contributed by atoms with Crippen LogP contribution in [0.4, 0.5) is 5.69 Å². The van der Waals surface area contributed by atoms with Crippen molar-refractivity contribution < 1.29 is 9.53 Å². The first-order valence-electron chi connectivity index (χ1n) is 5.88. The number of nitrogens with one attached hydrogen (secondary N) is 1. The van der Waals surface area contributed by atoms with Crippen molar-refractivity contribution in [2.75, 3.05) is 18.4 Å². The highest BCUT2D eigenvalue weighted by Gasteiger charge is 2.09. The maximum atomic E-state index is 11.7. The number of ether oxygens (including phenoxy) is 1. The van der Waals surface area contributed by atoms with Crippen LogP contribution in [-0.4, -0.2) is 25.2 Å². The molecule has 1 aromatic carbocycles. The van der Waals surface area contributed by atoms with E-state index in [-0.39, 0.29) is 12.1 Å². The first-order chi connectivity index (χ1) is 8.13. The van der Waals surface area contributed by atoms with Gasteiger partial charge in [0.1, 0.15) is 0 Å². The number of hydrogen-bond donors (Lipinski definition) is 2. The third kappa shape index (κ3) is 4.87. The Balaban J connectivity index is 2.61. The van der Waals surface area contributed by atoms with Crippen molar-refractivity contribution in [2.45, 2.75) is 26.4 Å². The molecule has 0 heterocycles. The van der Waals surface area contributed by atoms with Gasteiger partial charge in [-0.15, -0.1) is 0 Å². The normalized spacial score (nSPS) is 10.4. The quantitative estimate of drug-likeness (QED) is 0.586. The van der Waals surface area contributed by atoms with Crippen LogP contribution in [0.1, 0.15) is 30.6 Å². The maximum Gasteiger partial charge on any atom is 0.338 e. The number of esters is 1. The molecule has 1 rings (SSSR count). The van der Waals surface area contributed by atoms with E-state index in [2.05, 4.69) is 5.32 Å². The zero-order chi connectivity index (χ0) is 12.7. The van der Waals surface area contributed by atoms with Crippen LogP contribution in [0.5, 0.6) is 0 Å². The minimum Gasteiger partial charge on any atom is -0.459 e. The molecule has 0 atom stereocenters.